The van der Waals surface area contributed by atoms with Gasteiger partial charge in [-0.15, -0.1) is 0 Å². The van der Waals surface area contributed by atoms with Crippen LogP contribution in [-0.4, -0.2) is 48.1 Å². The summed E-state index contributed by atoms with van der Waals surface area (Å²) in [6.07, 6.45) is 2.79. The molecule has 0 N–H and O–H groups in total. The number of likely N-dealkylation sites (N-methyl/N-ethyl adjacent to an activating group) is 2. The Morgan fingerprint density at radius 1 is 1.29 bits per heavy atom. The molecule has 0 spiro atoms. The zero-order valence-electron chi connectivity index (χ0n) is 10.3. The number of likely N-dealkylation sites (tertiary alicyclic amines) is 1. The van der Waals surface area contributed by atoms with Gasteiger partial charge in [0.05, 0.1) is 0 Å². The molecule has 2 unspecified atom stereocenters. The van der Waals surface area contributed by atoms with E-state index in [1.165, 1.54) is 39.0 Å². The van der Waals surface area contributed by atoms with Gasteiger partial charge in [-0.3, -0.25) is 9.80 Å². The molecule has 0 aromatic carbocycles. The highest BCUT2D eigenvalue weighted by Crippen LogP contribution is 2.22. The largest absolute Gasteiger partial charge is 0.300 e. The summed E-state index contributed by atoms with van der Waals surface area (Å²) in [6, 6.07) is 1.53. The van der Waals surface area contributed by atoms with Crippen molar-refractivity contribution in [3.8, 4) is 0 Å². The summed E-state index contributed by atoms with van der Waals surface area (Å²) in [5.41, 5.74) is 0. The van der Waals surface area contributed by atoms with Gasteiger partial charge in [0.2, 0.25) is 0 Å². The molecule has 14 heavy (non-hydrogen) atoms. The van der Waals surface area contributed by atoms with Crippen molar-refractivity contribution in [3.63, 3.8) is 0 Å². The van der Waals surface area contributed by atoms with E-state index in [9.17, 15) is 0 Å². The summed E-state index contributed by atoms with van der Waals surface area (Å²) >= 11 is 0. The molecule has 1 aliphatic heterocycles. The predicted molar refractivity (Wildman–Crippen MR) is 62.7 cm³/mol. The van der Waals surface area contributed by atoms with E-state index in [0.717, 1.165) is 12.1 Å². The first-order valence-electron chi connectivity index (χ1n) is 6.22. The van der Waals surface area contributed by atoms with Crippen LogP contribution in [0.1, 0.15) is 40.5 Å². The molecule has 1 aliphatic rings. The normalized spacial score (nSPS) is 25.9. The van der Waals surface area contributed by atoms with Crippen molar-refractivity contribution in [2.45, 2.75) is 52.6 Å². The third-order valence-electron chi connectivity index (χ3n) is 3.77. The van der Waals surface area contributed by atoms with Crippen molar-refractivity contribution in [1.82, 2.24) is 9.80 Å². The van der Waals surface area contributed by atoms with Gasteiger partial charge in [-0.1, -0.05) is 20.8 Å². The van der Waals surface area contributed by atoms with Gasteiger partial charge in [0.15, 0.2) is 0 Å². The fraction of sp³-hybridized carbons (Fsp3) is 1.00. The lowest BCUT2D eigenvalue weighted by Gasteiger charge is -2.35. The summed E-state index contributed by atoms with van der Waals surface area (Å²) in [5.74, 6) is 0. The molecule has 2 nitrogen and oxygen atoms in total. The number of hydrogen-bond donors (Lipinski definition) is 0. The Balaban J connectivity index is 2.53. The molecule has 0 aromatic heterocycles. The highest BCUT2D eigenvalue weighted by molar-refractivity contribution is 4.87. The average Bonchev–Trinajstić information content (AvgIpc) is 2.67. The van der Waals surface area contributed by atoms with Crippen LogP contribution in [0.4, 0.5) is 0 Å². The molecule has 1 saturated heterocycles. The Hall–Kier alpha value is -0.0800. The van der Waals surface area contributed by atoms with Gasteiger partial charge in [0.25, 0.3) is 0 Å². The lowest BCUT2D eigenvalue weighted by Crippen LogP contribution is -2.47. The van der Waals surface area contributed by atoms with Gasteiger partial charge >= 0.3 is 0 Å². The highest BCUT2D eigenvalue weighted by atomic mass is 15.2. The minimum absolute atomic E-state index is 0.729. The molecule has 1 heterocycles. The van der Waals surface area contributed by atoms with Crippen molar-refractivity contribution < 1.29 is 0 Å². The van der Waals surface area contributed by atoms with E-state index in [0.29, 0.717) is 0 Å². The number of nitrogens with zero attached hydrogens (tertiary/aromatic N) is 2. The van der Waals surface area contributed by atoms with Crippen LogP contribution in [0.15, 0.2) is 0 Å². The maximum atomic E-state index is 2.64. The second-order valence-electron chi connectivity index (χ2n) is 4.30. The molecule has 0 radical (unpaired) electrons. The third kappa shape index (κ3) is 2.48. The molecule has 0 amide bonds. The molecular formula is C12H26N2. The highest BCUT2D eigenvalue weighted by Gasteiger charge is 2.30. The molecule has 84 valence electrons. The lowest BCUT2D eigenvalue weighted by atomic mass is 10.1. The van der Waals surface area contributed by atoms with Crippen LogP contribution in [0.2, 0.25) is 0 Å². The summed E-state index contributed by atoms with van der Waals surface area (Å²) in [5, 5.41) is 0. The average molecular weight is 198 g/mol. The van der Waals surface area contributed by atoms with E-state index in [4.69, 9.17) is 0 Å². The van der Waals surface area contributed by atoms with Gasteiger partial charge in [-0.05, 0) is 45.9 Å². The Bertz CT molecular complexity index is 154. The smallest absolute Gasteiger partial charge is 0.0249 e. The van der Waals surface area contributed by atoms with E-state index >= 15 is 0 Å². The molecule has 0 bridgehead atoms. The first kappa shape index (κ1) is 12.0. The van der Waals surface area contributed by atoms with E-state index in [2.05, 4.69) is 37.5 Å². The Labute approximate surface area is 89.3 Å². The molecule has 0 saturated carbocycles. The fourth-order valence-electron chi connectivity index (χ4n) is 2.83. The SMILES string of the molecule is CCN(CC)C(C)C1CCCN1CC. The molecule has 1 rings (SSSR count). The number of rotatable bonds is 5. The molecule has 2 heteroatoms. The lowest BCUT2D eigenvalue weighted by molar-refractivity contribution is 0.125. The van der Waals surface area contributed by atoms with Gasteiger partial charge < -0.3 is 0 Å². The second-order valence-corrected chi connectivity index (χ2v) is 4.30. The van der Waals surface area contributed by atoms with Crippen LogP contribution in [0.3, 0.4) is 0 Å². The summed E-state index contributed by atoms with van der Waals surface area (Å²) in [7, 11) is 0. The monoisotopic (exact) mass is 198 g/mol. The van der Waals surface area contributed by atoms with Crippen molar-refractivity contribution in [2.75, 3.05) is 26.2 Å². The van der Waals surface area contributed by atoms with Crippen molar-refractivity contribution >= 4 is 0 Å². The van der Waals surface area contributed by atoms with Gasteiger partial charge in [-0.25, -0.2) is 0 Å². The third-order valence-corrected chi connectivity index (χ3v) is 3.77. The quantitative estimate of drug-likeness (QED) is 0.668. The van der Waals surface area contributed by atoms with E-state index in [-0.39, 0.29) is 0 Å². The number of hydrogen-bond acceptors (Lipinski definition) is 2. The maximum Gasteiger partial charge on any atom is 0.0249 e. The van der Waals surface area contributed by atoms with Crippen molar-refractivity contribution in [1.29, 1.82) is 0 Å². The summed E-state index contributed by atoms with van der Waals surface area (Å²) in [6.45, 7) is 14.1. The van der Waals surface area contributed by atoms with Crippen LogP contribution in [0.5, 0.6) is 0 Å². The Morgan fingerprint density at radius 2 is 1.93 bits per heavy atom. The zero-order chi connectivity index (χ0) is 10.6. The van der Waals surface area contributed by atoms with Gasteiger partial charge in [-0.2, -0.15) is 0 Å². The predicted octanol–water partition coefficient (Wildman–Crippen LogP) is 2.20. The van der Waals surface area contributed by atoms with Crippen molar-refractivity contribution in [2.24, 2.45) is 0 Å². The van der Waals surface area contributed by atoms with Crippen molar-refractivity contribution in [3.05, 3.63) is 0 Å². The van der Waals surface area contributed by atoms with Crippen LogP contribution < -0.4 is 0 Å². The minimum Gasteiger partial charge on any atom is -0.300 e. The maximum absolute atomic E-state index is 2.64. The standard InChI is InChI=1S/C12H26N2/c1-5-13(6-2)11(4)12-9-8-10-14(12)7-3/h11-12H,5-10H2,1-4H3. The molecule has 0 aliphatic carbocycles. The van der Waals surface area contributed by atoms with Gasteiger partial charge in [0, 0.05) is 12.1 Å². The minimum atomic E-state index is 0.729. The molecule has 2 atom stereocenters. The topological polar surface area (TPSA) is 6.48 Å². The Morgan fingerprint density at radius 3 is 2.43 bits per heavy atom. The van der Waals surface area contributed by atoms with Crippen LogP contribution in [0, 0.1) is 0 Å². The van der Waals surface area contributed by atoms with Crippen LogP contribution >= 0.6 is 0 Å². The first-order chi connectivity index (χ1) is 6.74. The summed E-state index contributed by atoms with van der Waals surface area (Å²) < 4.78 is 0. The van der Waals surface area contributed by atoms with E-state index < -0.39 is 0 Å². The second kappa shape index (κ2) is 5.72. The first-order valence-corrected chi connectivity index (χ1v) is 6.22. The molecule has 0 aromatic rings. The zero-order valence-corrected chi connectivity index (χ0v) is 10.3. The van der Waals surface area contributed by atoms with E-state index in [1.54, 1.807) is 0 Å². The molecule has 1 fully saturated rings. The fourth-order valence-corrected chi connectivity index (χ4v) is 2.83. The van der Waals surface area contributed by atoms with E-state index in [1.807, 2.05) is 0 Å². The Kier molecular flexibility index (Phi) is 4.90. The van der Waals surface area contributed by atoms with Crippen LogP contribution in [-0.2, 0) is 0 Å². The summed E-state index contributed by atoms with van der Waals surface area (Å²) in [4.78, 5) is 5.22. The van der Waals surface area contributed by atoms with Crippen LogP contribution in [0.25, 0.3) is 0 Å². The van der Waals surface area contributed by atoms with Gasteiger partial charge in [0.1, 0.15) is 0 Å². The molecular weight excluding hydrogens is 172 g/mol.